The van der Waals surface area contributed by atoms with Crippen molar-refractivity contribution in [3.05, 3.63) is 59.7 Å². The standard InChI is InChI=1S/C26H30N2O5/c1-2-3-8-17(15-23(29)28-26(13-14-26)24(30)31)27-25(32)33-16-22-20-11-6-4-9-18(20)19-10-5-7-12-21(19)22/h4-7,9-12,17,22H,2-3,8,13-16H2,1H3,(H,27,32)(H,28,29)(H,30,31)/t17-/m1/s1. The number of amides is 2. The Bertz CT molecular complexity index is 1000. The van der Waals surface area contributed by atoms with E-state index in [1.54, 1.807) is 0 Å². The van der Waals surface area contributed by atoms with Crippen LogP contribution in [0.4, 0.5) is 4.79 Å². The molecule has 0 spiro atoms. The fourth-order valence-electron chi connectivity index (χ4n) is 4.54. The minimum atomic E-state index is -1.13. The van der Waals surface area contributed by atoms with Crippen molar-refractivity contribution in [3.8, 4) is 11.1 Å². The van der Waals surface area contributed by atoms with Gasteiger partial charge in [-0.05, 0) is 41.5 Å². The van der Waals surface area contributed by atoms with Crippen molar-refractivity contribution in [1.82, 2.24) is 10.6 Å². The zero-order valence-corrected chi connectivity index (χ0v) is 18.8. The number of fused-ring (bicyclic) bond motifs is 3. The molecule has 1 saturated carbocycles. The molecule has 2 aliphatic carbocycles. The van der Waals surface area contributed by atoms with Crippen LogP contribution in [0.25, 0.3) is 11.1 Å². The van der Waals surface area contributed by atoms with Crippen molar-refractivity contribution < 1.29 is 24.2 Å². The summed E-state index contributed by atoms with van der Waals surface area (Å²) in [6.45, 7) is 2.24. The van der Waals surface area contributed by atoms with Crippen molar-refractivity contribution in [2.45, 2.75) is 62.9 Å². The Morgan fingerprint density at radius 2 is 1.67 bits per heavy atom. The van der Waals surface area contributed by atoms with Crippen LogP contribution in [-0.4, -0.2) is 41.3 Å². The highest BCUT2D eigenvalue weighted by Gasteiger charge is 2.51. The lowest BCUT2D eigenvalue weighted by Gasteiger charge is -2.21. The van der Waals surface area contributed by atoms with Crippen LogP contribution in [0.1, 0.15) is 62.5 Å². The highest BCUT2D eigenvalue weighted by Crippen LogP contribution is 2.44. The number of alkyl carbamates (subject to hydrolysis) is 1. The van der Waals surface area contributed by atoms with Gasteiger partial charge >= 0.3 is 12.1 Å². The summed E-state index contributed by atoms with van der Waals surface area (Å²) in [5.41, 5.74) is 3.46. The van der Waals surface area contributed by atoms with Crippen LogP contribution in [0, 0.1) is 0 Å². The Labute approximate surface area is 193 Å². The number of aliphatic carboxylic acids is 1. The van der Waals surface area contributed by atoms with Crippen molar-refractivity contribution in [1.29, 1.82) is 0 Å². The maximum atomic E-state index is 12.6. The molecule has 4 rings (SSSR count). The molecule has 2 aliphatic rings. The fraction of sp³-hybridized carbons (Fsp3) is 0.423. The van der Waals surface area contributed by atoms with Crippen molar-refractivity contribution >= 4 is 18.0 Å². The lowest BCUT2D eigenvalue weighted by atomic mass is 9.98. The molecule has 174 valence electrons. The third-order valence-electron chi connectivity index (χ3n) is 6.54. The monoisotopic (exact) mass is 450 g/mol. The third-order valence-corrected chi connectivity index (χ3v) is 6.54. The Kier molecular flexibility index (Phi) is 6.67. The first kappa shape index (κ1) is 22.8. The van der Waals surface area contributed by atoms with Crippen molar-refractivity contribution in [2.24, 2.45) is 0 Å². The highest BCUT2D eigenvalue weighted by molar-refractivity contribution is 5.90. The summed E-state index contributed by atoms with van der Waals surface area (Å²) >= 11 is 0. The lowest BCUT2D eigenvalue weighted by molar-refractivity contribution is -0.143. The zero-order valence-electron chi connectivity index (χ0n) is 18.8. The van der Waals surface area contributed by atoms with Crippen LogP contribution in [-0.2, 0) is 14.3 Å². The second-order valence-corrected chi connectivity index (χ2v) is 8.95. The Balaban J connectivity index is 1.36. The van der Waals surface area contributed by atoms with Gasteiger partial charge in [-0.1, -0.05) is 68.3 Å². The average Bonchev–Trinajstić information content (AvgIpc) is 3.52. The second kappa shape index (κ2) is 9.65. The van der Waals surface area contributed by atoms with Gasteiger partial charge in [-0.25, -0.2) is 9.59 Å². The first-order chi connectivity index (χ1) is 15.9. The maximum absolute atomic E-state index is 12.6. The molecule has 0 unspecified atom stereocenters. The van der Waals surface area contributed by atoms with Crippen LogP contribution in [0.3, 0.4) is 0 Å². The molecule has 0 aromatic heterocycles. The van der Waals surface area contributed by atoms with Gasteiger partial charge in [0.1, 0.15) is 12.1 Å². The number of benzene rings is 2. The van der Waals surface area contributed by atoms with E-state index in [2.05, 4.69) is 34.9 Å². The van der Waals surface area contributed by atoms with E-state index in [0.717, 1.165) is 35.1 Å². The predicted molar refractivity (Wildman–Crippen MR) is 124 cm³/mol. The number of carbonyl (C=O) groups is 3. The summed E-state index contributed by atoms with van der Waals surface area (Å²) in [6.07, 6.45) is 2.72. The molecule has 33 heavy (non-hydrogen) atoms. The Hall–Kier alpha value is -3.35. The van der Waals surface area contributed by atoms with Gasteiger partial charge in [0, 0.05) is 18.4 Å². The van der Waals surface area contributed by atoms with Crippen molar-refractivity contribution in [3.63, 3.8) is 0 Å². The van der Waals surface area contributed by atoms with E-state index in [1.165, 1.54) is 0 Å². The number of nitrogens with one attached hydrogen (secondary N) is 2. The SMILES string of the molecule is CCCC[C@H](CC(=O)NC1(C(=O)O)CC1)NC(=O)OCC1c2ccccc2-c2ccccc21. The summed E-state index contributed by atoms with van der Waals surface area (Å²) < 4.78 is 5.61. The number of ether oxygens (including phenoxy) is 1. The van der Waals surface area contributed by atoms with E-state index in [0.29, 0.717) is 19.3 Å². The molecule has 2 amide bonds. The van der Waals surface area contributed by atoms with Gasteiger partial charge in [-0.2, -0.15) is 0 Å². The van der Waals surface area contributed by atoms with Gasteiger partial charge in [-0.15, -0.1) is 0 Å². The summed E-state index contributed by atoms with van der Waals surface area (Å²) in [6, 6.07) is 15.9. The number of hydrogen-bond donors (Lipinski definition) is 3. The van der Waals surface area contributed by atoms with E-state index < -0.39 is 23.6 Å². The topological polar surface area (TPSA) is 105 Å². The maximum Gasteiger partial charge on any atom is 0.407 e. The minimum Gasteiger partial charge on any atom is -0.480 e. The first-order valence-electron chi connectivity index (χ1n) is 11.6. The molecular formula is C26H30N2O5. The lowest BCUT2D eigenvalue weighted by Crippen LogP contribution is -2.46. The number of unbranched alkanes of at least 4 members (excludes halogenated alkanes) is 1. The molecule has 0 saturated heterocycles. The van der Waals surface area contributed by atoms with Gasteiger partial charge in [0.15, 0.2) is 0 Å². The summed E-state index contributed by atoms with van der Waals surface area (Å²) in [5, 5.41) is 14.7. The highest BCUT2D eigenvalue weighted by atomic mass is 16.5. The minimum absolute atomic E-state index is 0.0270. The molecule has 2 aromatic rings. The normalized spacial score (nSPS) is 16.3. The van der Waals surface area contributed by atoms with E-state index >= 15 is 0 Å². The Morgan fingerprint density at radius 1 is 1.06 bits per heavy atom. The van der Waals surface area contributed by atoms with Crippen LogP contribution in [0.5, 0.6) is 0 Å². The van der Waals surface area contributed by atoms with Crippen LogP contribution in [0.15, 0.2) is 48.5 Å². The fourth-order valence-corrected chi connectivity index (χ4v) is 4.54. The van der Waals surface area contributed by atoms with Gasteiger partial charge in [0.05, 0.1) is 0 Å². The largest absolute Gasteiger partial charge is 0.480 e. The van der Waals surface area contributed by atoms with Crippen LogP contribution < -0.4 is 10.6 Å². The van der Waals surface area contributed by atoms with Crippen LogP contribution in [0.2, 0.25) is 0 Å². The van der Waals surface area contributed by atoms with E-state index in [4.69, 9.17) is 4.74 Å². The van der Waals surface area contributed by atoms with E-state index in [9.17, 15) is 19.5 Å². The molecule has 0 radical (unpaired) electrons. The number of carbonyl (C=O) groups excluding carboxylic acids is 2. The van der Waals surface area contributed by atoms with E-state index in [-0.39, 0.29) is 24.9 Å². The number of rotatable bonds is 10. The van der Waals surface area contributed by atoms with Gasteiger partial charge in [0.25, 0.3) is 0 Å². The Morgan fingerprint density at radius 3 is 2.21 bits per heavy atom. The summed E-state index contributed by atoms with van der Waals surface area (Å²) in [4.78, 5) is 36.4. The summed E-state index contributed by atoms with van der Waals surface area (Å²) in [7, 11) is 0. The molecular weight excluding hydrogens is 420 g/mol. The molecule has 0 heterocycles. The predicted octanol–water partition coefficient (Wildman–Crippen LogP) is 4.21. The quantitative estimate of drug-likeness (QED) is 0.503. The molecule has 7 nitrogen and oxygen atoms in total. The molecule has 1 fully saturated rings. The number of carboxylic acid groups (broad SMARTS) is 1. The summed E-state index contributed by atoms with van der Waals surface area (Å²) in [5.74, 6) is -1.41. The molecule has 1 atom stereocenters. The average molecular weight is 451 g/mol. The second-order valence-electron chi connectivity index (χ2n) is 8.95. The van der Waals surface area contributed by atoms with Gasteiger partial charge in [-0.3, -0.25) is 4.79 Å². The molecule has 0 bridgehead atoms. The van der Waals surface area contributed by atoms with E-state index in [1.807, 2.05) is 31.2 Å². The third kappa shape index (κ3) is 5.02. The number of carboxylic acids is 1. The molecule has 3 N–H and O–H groups in total. The smallest absolute Gasteiger partial charge is 0.407 e. The van der Waals surface area contributed by atoms with Crippen LogP contribution >= 0.6 is 0 Å². The molecule has 7 heteroatoms. The van der Waals surface area contributed by atoms with Gasteiger partial charge in [0.2, 0.25) is 5.91 Å². The number of hydrogen-bond acceptors (Lipinski definition) is 4. The molecule has 2 aromatic carbocycles. The first-order valence-corrected chi connectivity index (χ1v) is 11.6. The zero-order chi connectivity index (χ0) is 23.4. The van der Waals surface area contributed by atoms with Crippen molar-refractivity contribution in [2.75, 3.05) is 6.61 Å². The molecule has 0 aliphatic heterocycles. The van der Waals surface area contributed by atoms with Gasteiger partial charge < -0.3 is 20.5 Å².